The van der Waals surface area contributed by atoms with Gasteiger partial charge >= 0.3 is 0 Å². The monoisotopic (exact) mass is 335 g/mol. The summed E-state index contributed by atoms with van der Waals surface area (Å²) in [6, 6.07) is 11.9. The standard InChI is InChI=1S/C19H21N5O/c1-23(2)11-10-20-19(25)13-8-9-15-16-17(13)21-14-7-5-4-6-12(14)18(16)24(3)22-15/h4-9,21H,10-11H2,1-3H3,(H,20,25). The lowest BCUT2D eigenvalue weighted by Gasteiger charge is -2.21. The highest BCUT2D eigenvalue weighted by atomic mass is 16.1. The molecule has 0 bridgehead atoms. The quantitative estimate of drug-likeness (QED) is 0.602. The number of aromatic nitrogens is 2. The molecule has 1 aliphatic rings. The van der Waals surface area contributed by atoms with Crippen LogP contribution >= 0.6 is 0 Å². The molecule has 3 aromatic rings. The Balaban J connectivity index is 1.81. The highest BCUT2D eigenvalue weighted by molar-refractivity contribution is 6.16. The van der Waals surface area contributed by atoms with Crippen LogP contribution in [0.1, 0.15) is 10.4 Å². The molecule has 6 heteroatoms. The largest absolute Gasteiger partial charge is 0.354 e. The average Bonchev–Trinajstić information content (AvgIpc) is 2.93. The zero-order valence-corrected chi connectivity index (χ0v) is 14.6. The number of rotatable bonds is 4. The van der Waals surface area contributed by atoms with Crippen molar-refractivity contribution in [1.29, 1.82) is 0 Å². The Kier molecular flexibility index (Phi) is 3.69. The van der Waals surface area contributed by atoms with Gasteiger partial charge in [0.05, 0.1) is 27.8 Å². The number of benzene rings is 2. The first kappa shape index (κ1) is 15.7. The topological polar surface area (TPSA) is 62.2 Å². The Morgan fingerprint density at radius 1 is 1.24 bits per heavy atom. The number of carbonyl (C=O) groups excluding carboxylic acids is 1. The lowest BCUT2D eigenvalue weighted by molar-refractivity contribution is 0.0952. The maximum atomic E-state index is 12.7. The summed E-state index contributed by atoms with van der Waals surface area (Å²) in [5.41, 5.74) is 5.51. The molecule has 1 amide bonds. The second kappa shape index (κ2) is 5.89. The molecule has 25 heavy (non-hydrogen) atoms. The number of nitrogens with zero attached hydrogens (tertiary/aromatic N) is 3. The average molecular weight is 335 g/mol. The molecule has 0 aliphatic carbocycles. The minimum atomic E-state index is -0.0690. The van der Waals surface area contributed by atoms with Crippen molar-refractivity contribution in [3.8, 4) is 11.3 Å². The summed E-state index contributed by atoms with van der Waals surface area (Å²) in [6.07, 6.45) is 0. The van der Waals surface area contributed by atoms with Gasteiger partial charge in [-0.1, -0.05) is 18.2 Å². The van der Waals surface area contributed by atoms with E-state index in [4.69, 9.17) is 0 Å². The number of para-hydroxylation sites is 1. The van der Waals surface area contributed by atoms with Gasteiger partial charge in [0.2, 0.25) is 0 Å². The number of hydrogen-bond acceptors (Lipinski definition) is 4. The van der Waals surface area contributed by atoms with Crippen LogP contribution in [0.25, 0.3) is 22.2 Å². The number of aryl methyl sites for hydroxylation is 1. The molecule has 2 heterocycles. The van der Waals surface area contributed by atoms with E-state index in [0.29, 0.717) is 12.1 Å². The van der Waals surface area contributed by atoms with Gasteiger partial charge in [0.25, 0.3) is 5.91 Å². The molecule has 0 spiro atoms. The van der Waals surface area contributed by atoms with Crippen LogP contribution in [0.2, 0.25) is 0 Å². The maximum Gasteiger partial charge on any atom is 0.253 e. The van der Waals surface area contributed by atoms with Gasteiger partial charge in [0.1, 0.15) is 0 Å². The Bertz CT molecular complexity index is 973. The van der Waals surface area contributed by atoms with Crippen molar-refractivity contribution in [2.24, 2.45) is 7.05 Å². The number of nitrogens with one attached hydrogen (secondary N) is 2. The Hall–Kier alpha value is -2.86. The van der Waals surface area contributed by atoms with E-state index in [9.17, 15) is 4.79 Å². The lowest BCUT2D eigenvalue weighted by atomic mass is 9.97. The first-order chi connectivity index (χ1) is 12.1. The smallest absolute Gasteiger partial charge is 0.253 e. The fraction of sp³-hybridized carbons (Fsp3) is 0.263. The van der Waals surface area contributed by atoms with E-state index in [1.807, 2.05) is 61.1 Å². The molecular weight excluding hydrogens is 314 g/mol. The molecule has 2 aromatic carbocycles. The summed E-state index contributed by atoms with van der Waals surface area (Å²) < 4.78 is 1.89. The molecule has 2 N–H and O–H groups in total. The number of fused-ring (bicyclic) bond motifs is 2. The van der Waals surface area contributed by atoms with Crippen LogP contribution in [0.5, 0.6) is 0 Å². The Morgan fingerprint density at radius 2 is 2.04 bits per heavy atom. The van der Waals surface area contributed by atoms with Gasteiger partial charge in [0, 0.05) is 31.4 Å². The number of likely N-dealkylation sites (N-methyl/N-ethyl adjacent to an activating group) is 1. The number of hydrogen-bond donors (Lipinski definition) is 2. The van der Waals surface area contributed by atoms with Crippen LogP contribution in [0.4, 0.5) is 11.4 Å². The van der Waals surface area contributed by atoms with Gasteiger partial charge in [-0.3, -0.25) is 9.48 Å². The van der Waals surface area contributed by atoms with Crippen LogP contribution in [-0.2, 0) is 7.05 Å². The van der Waals surface area contributed by atoms with Crippen LogP contribution in [0.3, 0.4) is 0 Å². The molecule has 0 radical (unpaired) electrons. The fourth-order valence-electron chi connectivity index (χ4n) is 3.34. The van der Waals surface area contributed by atoms with E-state index in [1.165, 1.54) is 0 Å². The molecule has 0 fully saturated rings. The molecular formula is C19H21N5O. The van der Waals surface area contributed by atoms with E-state index in [0.717, 1.165) is 40.1 Å². The van der Waals surface area contributed by atoms with Crippen molar-refractivity contribution < 1.29 is 4.79 Å². The van der Waals surface area contributed by atoms with Crippen molar-refractivity contribution in [2.75, 3.05) is 32.5 Å². The van der Waals surface area contributed by atoms with Crippen molar-refractivity contribution in [2.45, 2.75) is 0 Å². The van der Waals surface area contributed by atoms with Crippen molar-refractivity contribution in [3.05, 3.63) is 42.0 Å². The maximum absolute atomic E-state index is 12.7. The third-order valence-corrected chi connectivity index (χ3v) is 4.53. The van der Waals surface area contributed by atoms with Gasteiger partial charge in [-0.2, -0.15) is 5.10 Å². The zero-order valence-electron chi connectivity index (χ0n) is 14.6. The van der Waals surface area contributed by atoms with Gasteiger partial charge in [-0.25, -0.2) is 0 Å². The minimum Gasteiger partial charge on any atom is -0.354 e. The molecule has 0 saturated carbocycles. The summed E-state index contributed by atoms with van der Waals surface area (Å²) in [5, 5.41) is 12.0. The number of amides is 1. The summed E-state index contributed by atoms with van der Waals surface area (Å²) in [5.74, 6) is -0.0690. The highest BCUT2D eigenvalue weighted by Gasteiger charge is 2.26. The lowest BCUT2D eigenvalue weighted by Crippen LogP contribution is -2.31. The molecule has 0 unspecified atom stereocenters. The third kappa shape index (κ3) is 2.55. The van der Waals surface area contributed by atoms with Crippen LogP contribution in [0, 0.1) is 0 Å². The van der Waals surface area contributed by atoms with E-state index >= 15 is 0 Å². The van der Waals surface area contributed by atoms with Gasteiger partial charge in [-0.05, 0) is 32.3 Å². The summed E-state index contributed by atoms with van der Waals surface area (Å²) in [7, 11) is 5.92. The molecule has 1 aromatic heterocycles. The first-order valence-corrected chi connectivity index (χ1v) is 8.35. The van der Waals surface area contributed by atoms with Crippen molar-refractivity contribution in [1.82, 2.24) is 20.0 Å². The molecule has 4 rings (SSSR count). The normalized spacial score (nSPS) is 12.2. The first-order valence-electron chi connectivity index (χ1n) is 8.35. The third-order valence-electron chi connectivity index (χ3n) is 4.53. The SMILES string of the molecule is CN(C)CCNC(=O)c1ccc2nn(C)c3c2c1Nc1ccccc1-3. The van der Waals surface area contributed by atoms with Gasteiger partial charge < -0.3 is 15.5 Å². The van der Waals surface area contributed by atoms with E-state index in [1.54, 1.807) is 0 Å². The highest BCUT2D eigenvalue weighted by Crippen LogP contribution is 2.44. The number of anilines is 2. The fourth-order valence-corrected chi connectivity index (χ4v) is 3.34. The zero-order chi connectivity index (χ0) is 17.6. The number of carbonyl (C=O) groups is 1. The van der Waals surface area contributed by atoms with Crippen LogP contribution in [0.15, 0.2) is 36.4 Å². The molecule has 128 valence electrons. The van der Waals surface area contributed by atoms with E-state index in [2.05, 4.69) is 21.8 Å². The van der Waals surface area contributed by atoms with E-state index < -0.39 is 0 Å². The van der Waals surface area contributed by atoms with Gasteiger partial charge in [0.15, 0.2) is 0 Å². The Morgan fingerprint density at radius 3 is 2.84 bits per heavy atom. The summed E-state index contributed by atoms with van der Waals surface area (Å²) >= 11 is 0. The second-order valence-electron chi connectivity index (χ2n) is 6.58. The van der Waals surface area contributed by atoms with Crippen LogP contribution in [-0.4, -0.2) is 47.8 Å². The molecule has 0 saturated heterocycles. The van der Waals surface area contributed by atoms with Crippen molar-refractivity contribution >= 4 is 28.2 Å². The predicted octanol–water partition coefficient (Wildman–Crippen LogP) is 2.59. The Labute approximate surface area is 146 Å². The minimum absolute atomic E-state index is 0.0690. The molecule has 6 nitrogen and oxygen atoms in total. The predicted molar refractivity (Wildman–Crippen MR) is 100 cm³/mol. The van der Waals surface area contributed by atoms with E-state index in [-0.39, 0.29) is 5.91 Å². The molecule has 1 aliphatic heterocycles. The summed E-state index contributed by atoms with van der Waals surface area (Å²) in [6.45, 7) is 1.41. The second-order valence-corrected chi connectivity index (χ2v) is 6.58. The molecule has 0 atom stereocenters. The van der Waals surface area contributed by atoms with Crippen molar-refractivity contribution in [3.63, 3.8) is 0 Å². The van der Waals surface area contributed by atoms with Gasteiger partial charge in [-0.15, -0.1) is 0 Å². The summed E-state index contributed by atoms with van der Waals surface area (Å²) in [4.78, 5) is 14.7. The van der Waals surface area contributed by atoms with Crippen LogP contribution < -0.4 is 10.6 Å².